The summed E-state index contributed by atoms with van der Waals surface area (Å²) < 4.78 is 11.1. The normalized spacial score (nSPS) is 19.5. The molecule has 1 amide bonds. The minimum atomic E-state index is 0.259. The van der Waals surface area contributed by atoms with Crippen LogP contribution in [0.5, 0.6) is 11.5 Å². The van der Waals surface area contributed by atoms with Crippen LogP contribution in [0.4, 0.5) is 0 Å². The van der Waals surface area contributed by atoms with Crippen molar-refractivity contribution in [3.8, 4) is 11.5 Å². The number of amides is 1. The second-order valence-corrected chi connectivity index (χ2v) is 9.42. The van der Waals surface area contributed by atoms with E-state index in [0.29, 0.717) is 18.5 Å². The SMILES string of the molecule is CCCCN(CCCC)C(=O)CN1CC(c2ccc3c(c2)OCO3)CC1CCc1ncccn1. The number of hydrogen-bond acceptors (Lipinski definition) is 6. The van der Waals surface area contributed by atoms with Crippen LogP contribution in [-0.2, 0) is 11.2 Å². The number of likely N-dealkylation sites (tertiary alicyclic amines) is 1. The van der Waals surface area contributed by atoms with E-state index in [9.17, 15) is 4.79 Å². The quantitative estimate of drug-likeness (QED) is 0.461. The van der Waals surface area contributed by atoms with E-state index in [0.717, 1.165) is 81.9 Å². The van der Waals surface area contributed by atoms with Crippen LogP contribution >= 0.6 is 0 Å². The van der Waals surface area contributed by atoms with Crippen LogP contribution in [0.3, 0.4) is 0 Å². The zero-order valence-electron chi connectivity index (χ0n) is 20.6. The van der Waals surface area contributed by atoms with Crippen LogP contribution in [0.1, 0.15) is 69.7 Å². The van der Waals surface area contributed by atoms with Gasteiger partial charge in [0.1, 0.15) is 5.82 Å². The standard InChI is InChI=1S/C27H38N4O3/c1-3-5-14-30(15-6-4-2)27(32)19-31-18-22(21-8-10-24-25(17-21)34-20-33-24)16-23(31)9-11-26-28-12-7-13-29-26/h7-8,10,12-13,17,22-23H,3-6,9,11,14-16,18-20H2,1-2H3. The third kappa shape index (κ3) is 6.26. The topological polar surface area (TPSA) is 67.8 Å². The lowest BCUT2D eigenvalue weighted by atomic mass is 9.94. The molecule has 2 aliphatic rings. The highest BCUT2D eigenvalue weighted by atomic mass is 16.7. The Morgan fingerprint density at radius 2 is 1.82 bits per heavy atom. The molecule has 2 aromatic rings. The summed E-state index contributed by atoms with van der Waals surface area (Å²) in [4.78, 5) is 26.6. The lowest BCUT2D eigenvalue weighted by molar-refractivity contribution is -0.132. The molecule has 4 rings (SSSR count). The third-order valence-corrected chi connectivity index (χ3v) is 6.97. The van der Waals surface area contributed by atoms with E-state index in [4.69, 9.17) is 9.47 Å². The molecule has 0 aliphatic carbocycles. The number of carbonyl (C=O) groups excluding carboxylic acids is 1. The van der Waals surface area contributed by atoms with E-state index in [-0.39, 0.29) is 12.7 Å². The van der Waals surface area contributed by atoms with Crippen molar-refractivity contribution in [1.29, 1.82) is 0 Å². The summed E-state index contributed by atoms with van der Waals surface area (Å²) >= 11 is 0. The van der Waals surface area contributed by atoms with Crippen molar-refractivity contribution < 1.29 is 14.3 Å². The van der Waals surface area contributed by atoms with Crippen molar-refractivity contribution >= 4 is 5.91 Å². The maximum absolute atomic E-state index is 13.4. The Labute approximate surface area is 203 Å². The van der Waals surface area contributed by atoms with Gasteiger partial charge >= 0.3 is 0 Å². The largest absolute Gasteiger partial charge is 0.454 e. The zero-order valence-corrected chi connectivity index (χ0v) is 20.6. The van der Waals surface area contributed by atoms with Crippen molar-refractivity contribution in [3.05, 3.63) is 48.0 Å². The molecule has 7 heteroatoms. The molecule has 0 radical (unpaired) electrons. The summed E-state index contributed by atoms with van der Waals surface area (Å²) in [6.07, 6.45) is 10.7. The van der Waals surface area contributed by atoms with E-state index >= 15 is 0 Å². The van der Waals surface area contributed by atoms with Crippen LogP contribution in [0.25, 0.3) is 0 Å². The Balaban J connectivity index is 1.46. The fourth-order valence-corrected chi connectivity index (χ4v) is 4.97. The van der Waals surface area contributed by atoms with Gasteiger partial charge in [-0.2, -0.15) is 0 Å². The maximum atomic E-state index is 13.4. The molecule has 1 fully saturated rings. The van der Waals surface area contributed by atoms with Gasteiger partial charge in [-0.15, -0.1) is 0 Å². The Kier molecular flexibility index (Phi) is 8.74. The average molecular weight is 467 g/mol. The molecule has 1 saturated heterocycles. The van der Waals surface area contributed by atoms with Gasteiger partial charge in [0.05, 0.1) is 6.54 Å². The van der Waals surface area contributed by atoms with Gasteiger partial charge in [0, 0.05) is 44.5 Å². The Hall–Kier alpha value is -2.67. The predicted molar refractivity (Wildman–Crippen MR) is 132 cm³/mol. The number of unbranched alkanes of at least 4 members (excludes halogenated alkanes) is 2. The summed E-state index contributed by atoms with van der Waals surface area (Å²) in [5, 5.41) is 0. The molecule has 3 heterocycles. The summed E-state index contributed by atoms with van der Waals surface area (Å²) in [7, 11) is 0. The Morgan fingerprint density at radius 3 is 2.56 bits per heavy atom. The Bertz CT molecular complexity index is 915. The smallest absolute Gasteiger partial charge is 0.236 e. The molecular formula is C27H38N4O3. The molecule has 0 saturated carbocycles. The van der Waals surface area contributed by atoms with Crippen LogP contribution in [0, 0.1) is 0 Å². The maximum Gasteiger partial charge on any atom is 0.236 e. The van der Waals surface area contributed by atoms with Crippen molar-refractivity contribution in [2.75, 3.05) is 33.0 Å². The number of carbonyl (C=O) groups is 1. The molecule has 0 bridgehead atoms. The van der Waals surface area contributed by atoms with Gasteiger partial charge in [0.2, 0.25) is 12.7 Å². The fourth-order valence-electron chi connectivity index (χ4n) is 4.97. The number of rotatable bonds is 12. The van der Waals surface area contributed by atoms with E-state index in [2.05, 4.69) is 45.7 Å². The summed E-state index contributed by atoms with van der Waals surface area (Å²) in [5.74, 6) is 3.13. The van der Waals surface area contributed by atoms with E-state index in [1.54, 1.807) is 12.4 Å². The van der Waals surface area contributed by atoms with Crippen molar-refractivity contribution in [2.45, 2.75) is 70.8 Å². The lowest BCUT2D eigenvalue weighted by Crippen LogP contribution is -2.43. The minimum Gasteiger partial charge on any atom is -0.454 e. The van der Waals surface area contributed by atoms with Gasteiger partial charge in [-0.05, 0) is 55.4 Å². The first-order valence-corrected chi connectivity index (χ1v) is 12.8. The summed E-state index contributed by atoms with van der Waals surface area (Å²) in [6.45, 7) is 7.72. The number of aromatic nitrogens is 2. The zero-order chi connectivity index (χ0) is 23.8. The molecule has 1 aromatic heterocycles. The predicted octanol–water partition coefficient (Wildman–Crippen LogP) is 4.42. The van der Waals surface area contributed by atoms with Crippen LogP contribution < -0.4 is 9.47 Å². The van der Waals surface area contributed by atoms with Crippen molar-refractivity contribution in [1.82, 2.24) is 19.8 Å². The number of ether oxygens (including phenoxy) is 2. The molecule has 2 atom stereocenters. The first kappa shape index (κ1) is 24.5. The van der Waals surface area contributed by atoms with Crippen LogP contribution in [-0.4, -0.2) is 64.7 Å². The van der Waals surface area contributed by atoms with Crippen LogP contribution in [0.15, 0.2) is 36.7 Å². The average Bonchev–Trinajstić information content (AvgIpc) is 3.50. The summed E-state index contributed by atoms with van der Waals surface area (Å²) in [5.41, 5.74) is 1.26. The fraction of sp³-hybridized carbons (Fsp3) is 0.593. The second-order valence-electron chi connectivity index (χ2n) is 9.42. The number of aryl methyl sites for hydroxylation is 1. The first-order chi connectivity index (χ1) is 16.7. The van der Waals surface area contributed by atoms with Crippen LogP contribution in [0.2, 0.25) is 0 Å². The number of hydrogen-bond donors (Lipinski definition) is 0. The summed E-state index contributed by atoms with van der Waals surface area (Å²) in [6, 6.07) is 8.44. The lowest BCUT2D eigenvalue weighted by Gasteiger charge is -2.28. The number of nitrogens with zero attached hydrogens (tertiary/aromatic N) is 4. The van der Waals surface area contributed by atoms with Crippen molar-refractivity contribution in [3.63, 3.8) is 0 Å². The molecule has 2 unspecified atom stereocenters. The molecule has 2 aliphatic heterocycles. The number of benzene rings is 1. The molecule has 184 valence electrons. The molecule has 0 N–H and O–H groups in total. The van der Waals surface area contributed by atoms with Gasteiger partial charge in [-0.25, -0.2) is 9.97 Å². The highest BCUT2D eigenvalue weighted by molar-refractivity contribution is 5.78. The number of fused-ring (bicyclic) bond motifs is 1. The van der Waals surface area contributed by atoms with Gasteiger partial charge in [0.15, 0.2) is 11.5 Å². The molecule has 7 nitrogen and oxygen atoms in total. The minimum absolute atomic E-state index is 0.259. The molecule has 34 heavy (non-hydrogen) atoms. The van der Waals surface area contributed by atoms with Gasteiger partial charge < -0.3 is 14.4 Å². The van der Waals surface area contributed by atoms with E-state index < -0.39 is 0 Å². The third-order valence-electron chi connectivity index (χ3n) is 6.97. The van der Waals surface area contributed by atoms with Gasteiger partial charge in [0.25, 0.3) is 0 Å². The first-order valence-electron chi connectivity index (χ1n) is 12.8. The second kappa shape index (κ2) is 12.2. The van der Waals surface area contributed by atoms with Gasteiger partial charge in [-0.3, -0.25) is 9.69 Å². The van der Waals surface area contributed by atoms with Gasteiger partial charge in [-0.1, -0.05) is 32.8 Å². The van der Waals surface area contributed by atoms with Crippen molar-refractivity contribution in [2.24, 2.45) is 0 Å². The van der Waals surface area contributed by atoms with E-state index in [1.165, 1.54) is 5.56 Å². The van der Waals surface area contributed by atoms with E-state index in [1.807, 2.05) is 12.1 Å². The highest BCUT2D eigenvalue weighted by Gasteiger charge is 2.35. The highest BCUT2D eigenvalue weighted by Crippen LogP contribution is 2.39. The molecule has 1 aromatic carbocycles. The monoisotopic (exact) mass is 466 g/mol. The Morgan fingerprint density at radius 1 is 1.09 bits per heavy atom. The molecule has 0 spiro atoms. The molecular weight excluding hydrogens is 428 g/mol.